The van der Waals surface area contributed by atoms with Crippen molar-refractivity contribution < 1.29 is 24.2 Å². The molecule has 0 bridgehead atoms. The fraction of sp³-hybridized carbons (Fsp3) is 0.222. The van der Waals surface area contributed by atoms with Crippen molar-refractivity contribution in [2.75, 3.05) is 0 Å². The van der Waals surface area contributed by atoms with Crippen LogP contribution in [0.15, 0.2) is 84.9 Å². The van der Waals surface area contributed by atoms with Gasteiger partial charge >= 0.3 is 12.2 Å². The Balaban J connectivity index is 1.43. The number of nitrogens with one attached hydrogen (secondary N) is 2. The quantitative estimate of drug-likeness (QED) is 0.409. The molecule has 0 spiro atoms. The van der Waals surface area contributed by atoms with Crippen molar-refractivity contribution in [3.63, 3.8) is 0 Å². The van der Waals surface area contributed by atoms with Gasteiger partial charge in [0.15, 0.2) is 5.78 Å². The van der Waals surface area contributed by atoms with E-state index in [2.05, 4.69) is 10.6 Å². The van der Waals surface area contributed by atoms with Crippen molar-refractivity contribution in [2.45, 2.75) is 37.5 Å². The number of carbonyl (C=O) groups excluding carboxylic acids is 2. The van der Waals surface area contributed by atoms with Crippen LogP contribution in [0, 0.1) is 0 Å². The summed E-state index contributed by atoms with van der Waals surface area (Å²) in [5.74, 6) is -0.102. The molecule has 1 fully saturated rings. The summed E-state index contributed by atoms with van der Waals surface area (Å²) in [6.45, 7) is 0.112. The second kappa shape index (κ2) is 10.7. The van der Waals surface area contributed by atoms with E-state index in [0.717, 1.165) is 23.1 Å². The van der Waals surface area contributed by atoms with Crippen molar-refractivity contribution in [3.8, 4) is 0 Å². The van der Waals surface area contributed by atoms with Gasteiger partial charge < -0.3 is 20.5 Å². The fourth-order valence-electron chi connectivity index (χ4n) is 3.94. The highest BCUT2D eigenvalue weighted by molar-refractivity contribution is 6.01. The van der Waals surface area contributed by atoms with Gasteiger partial charge in [-0.3, -0.25) is 4.79 Å². The van der Waals surface area contributed by atoms with Crippen molar-refractivity contribution >= 4 is 18.0 Å². The van der Waals surface area contributed by atoms with Crippen molar-refractivity contribution in [1.29, 1.82) is 0 Å². The van der Waals surface area contributed by atoms with Gasteiger partial charge in [-0.05, 0) is 23.1 Å². The van der Waals surface area contributed by atoms with Crippen LogP contribution in [0.2, 0.25) is 0 Å². The monoisotopic (exact) mass is 458 g/mol. The van der Waals surface area contributed by atoms with E-state index in [4.69, 9.17) is 9.84 Å². The average Bonchev–Trinajstić information content (AvgIpc) is 3.61. The summed E-state index contributed by atoms with van der Waals surface area (Å²) in [6.07, 6.45) is -0.622. The summed E-state index contributed by atoms with van der Waals surface area (Å²) < 4.78 is 5.33. The Morgan fingerprint density at radius 1 is 0.882 bits per heavy atom. The Labute approximate surface area is 197 Å². The number of hydrogen-bond donors (Lipinski definition) is 3. The summed E-state index contributed by atoms with van der Waals surface area (Å²) in [4.78, 5) is 36.6. The summed E-state index contributed by atoms with van der Waals surface area (Å²) in [6, 6.07) is 25.1. The Hall–Kier alpha value is -4.13. The van der Waals surface area contributed by atoms with Gasteiger partial charge in [-0.25, -0.2) is 9.59 Å². The van der Waals surface area contributed by atoms with Crippen LogP contribution >= 0.6 is 0 Å². The molecule has 3 atom stereocenters. The minimum Gasteiger partial charge on any atom is -0.465 e. The molecule has 3 aromatic rings. The summed E-state index contributed by atoms with van der Waals surface area (Å²) in [7, 11) is 0. The number of hydrogen-bond acceptors (Lipinski definition) is 4. The Bertz CT molecular complexity index is 1130. The number of rotatable bonds is 9. The first-order valence-electron chi connectivity index (χ1n) is 11.1. The number of carbonyl (C=O) groups is 3. The molecule has 4 rings (SSSR count). The Kier molecular flexibility index (Phi) is 7.22. The highest BCUT2D eigenvalue weighted by Crippen LogP contribution is 2.40. The molecular formula is C27H26N2O5. The smallest absolute Gasteiger partial charge is 0.408 e. The normalized spacial score (nSPS) is 17.3. The zero-order valence-electron chi connectivity index (χ0n) is 18.5. The lowest BCUT2D eigenvalue weighted by Gasteiger charge is -2.18. The minimum absolute atomic E-state index is 0.0917. The number of benzene rings is 3. The molecule has 2 amide bonds. The lowest BCUT2D eigenvalue weighted by atomic mass is 9.96. The van der Waals surface area contributed by atoms with Gasteiger partial charge in [-0.15, -0.1) is 0 Å². The van der Waals surface area contributed by atoms with Crippen LogP contribution in [0.3, 0.4) is 0 Å². The molecule has 1 aliphatic rings. The van der Waals surface area contributed by atoms with Crippen molar-refractivity contribution in [1.82, 2.24) is 10.6 Å². The first-order chi connectivity index (χ1) is 16.5. The number of carboxylic acid groups (broad SMARTS) is 1. The molecule has 0 aromatic heterocycles. The third kappa shape index (κ3) is 6.22. The van der Waals surface area contributed by atoms with Gasteiger partial charge in [0.1, 0.15) is 6.61 Å². The summed E-state index contributed by atoms with van der Waals surface area (Å²) >= 11 is 0. The average molecular weight is 459 g/mol. The Morgan fingerprint density at radius 3 is 2.12 bits per heavy atom. The van der Waals surface area contributed by atoms with Crippen LogP contribution in [0.4, 0.5) is 9.59 Å². The van der Waals surface area contributed by atoms with Gasteiger partial charge in [0.25, 0.3) is 0 Å². The molecule has 1 aliphatic carbocycles. The SMILES string of the molecule is O=C(O)NC1CC1c1ccc(C(=O)C(Cc2ccccc2)NC(=O)OCc2ccccc2)cc1. The van der Waals surface area contributed by atoms with E-state index in [1.165, 1.54) is 0 Å². The van der Waals surface area contributed by atoms with Crippen molar-refractivity contribution in [3.05, 3.63) is 107 Å². The van der Waals surface area contributed by atoms with E-state index in [1.807, 2.05) is 72.8 Å². The number of ketones is 1. The number of alkyl carbamates (subject to hydrolysis) is 1. The molecule has 3 aromatic carbocycles. The predicted octanol–water partition coefficient (Wildman–Crippen LogP) is 4.53. The molecule has 0 saturated heterocycles. The van der Waals surface area contributed by atoms with E-state index < -0.39 is 18.2 Å². The topological polar surface area (TPSA) is 105 Å². The van der Waals surface area contributed by atoms with Crippen LogP contribution in [0.1, 0.15) is 39.4 Å². The van der Waals surface area contributed by atoms with Gasteiger partial charge in [0.05, 0.1) is 6.04 Å². The molecule has 7 nitrogen and oxygen atoms in total. The Morgan fingerprint density at radius 2 is 1.50 bits per heavy atom. The third-order valence-electron chi connectivity index (χ3n) is 5.83. The van der Waals surface area contributed by atoms with E-state index in [1.54, 1.807) is 12.1 Å². The second-order valence-corrected chi connectivity index (χ2v) is 8.33. The maximum absolute atomic E-state index is 13.3. The molecule has 174 valence electrons. The van der Waals surface area contributed by atoms with Gasteiger partial charge in [0, 0.05) is 23.9 Å². The molecule has 0 radical (unpaired) electrons. The van der Waals surface area contributed by atoms with Crippen LogP contribution in [0.25, 0.3) is 0 Å². The maximum Gasteiger partial charge on any atom is 0.408 e. The van der Waals surface area contributed by atoms with Crippen molar-refractivity contribution in [2.24, 2.45) is 0 Å². The van der Waals surface area contributed by atoms with Gasteiger partial charge in [-0.2, -0.15) is 0 Å². The molecule has 0 heterocycles. The zero-order chi connectivity index (χ0) is 23.9. The van der Waals surface area contributed by atoms with Crippen LogP contribution in [-0.4, -0.2) is 35.2 Å². The molecule has 34 heavy (non-hydrogen) atoms. The first kappa shape index (κ1) is 23.0. The molecular weight excluding hydrogens is 432 g/mol. The third-order valence-corrected chi connectivity index (χ3v) is 5.83. The van der Waals surface area contributed by atoms with Gasteiger partial charge in [0.2, 0.25) is 0 Å². The molecule has 7 heteroatoms. The van der Waals surface area contributed by atoms with E-state index in [9.17, 15) is 14.4 Å². The minimum atomic E-state index is -1.03. The molecule has 0 aliphatic heterocycles. The maximum atomic E-state index is 13.3. The highest BCUT2D eigenvalue weighted by atomic mass is 16.5. The van der Waals surface area contributed by atoms with E-state index >= 15 is 0 Å². The molecule has 3 N–H and O–H groups in total. The van der Waals surface area contributed by atoms with E-state index in [-0.39, 0.29) is 24.3 Å². The van der Waals surface area contributed by atoms with Crippen LogP contribution < -0.4 is 10.6 Å². The first-order valence-corrected chi connectivity index (χ1v) is 11.1. The largest absolute Gasteiger partial charge is 0.465 e. The standard InChI is InChI=1S/C27H26N2O5/c30-25(21-13-11-20(12-14-21)22-16-23(22)28-26(31)32)24(15-18-7-3-1-4-8-18)29-27(33)34-17-19-9-5-2-6-10-19/h1-14,22-24,28H,15-17H2,(H,29,33)(H,31,32). The summed E-state index contributed by atoms with van der Waals surface area (Å²) in [5, 5.41) is 14.1. The molecule has 1 saturated carbocycles. The van der Waals surface area contributed by atoms with E-state index in [0.29, 0.717) is 12.0 Å². The van der Waals surface area contributed by atoms with Crippen LogP contribution in [0.5, 0.6) is 0 Å². The number of amides is 2. The predicted molar refractivity (Wildman–Crippen MR) is 127 cm³/mol. The summed E-state index contributed by atoms with van der Waals surface area (Å²) in [5.41, 5.74) is 3.22. The molecule has 3 unspecified atom stereocenters. The van der Waals surface area contributed by atoms with Gasteiger partial charge in [-0.1, -0.05) is 84.9 Å². The lowest BCUT2D eigenvalue weighted by Crippen LogP contribution is -2.42. The fourth-order valence-corrected chi connectivity index (χ4v) is 3.94. The van der Waals surface area contributed by atoms with Crippen LogP contribution in [-0.2, 0) is 17.8 Å². The number of Topliss-reactive ketones (excluding diaryl/α,β-unsaturated/α-hetero) is 1. The second-order valence-electron chi connectivity index (χ2n) is 8.33. The lowest BCUT2D eigenvalue weighted by molar-refractivity contribution is 0.0916. The number of ether oxygens (including phenoxy) is 1. The highest BCUT2D eigenvalue weighted by Gasteiger charge is 2.39. The zero-order valence-corrected chi connectivity index (χ0v) is 18.5.